The van der Waals surface area contributed by atoms with E-state index in [-0.39, 0.29) is 11.4 Å². The van der Waals surface area contributed by atoms with Crippen LogP contribution in [0.25, 0.3) is 0 Å². The molecule has 0 aliphatic rings. The SMILES string of the molecule is COC(=O)/C(Nc1ccc(F)cc1)=C(\Nc1ccc(F)cc1)C(=O)OC. The summed E-state index contributed by atoms with van der Waals surface area (Å²) in [4.78, 5) is 24.3. The van der Waals surface area contributed by atoms with Gasteiger partial charge >= 0.3 is 11.9 Å². The van der Waals surface area contributed by atoms with Crippen molar-refractivity contribution in [2.75, 3.05) is 24.9 Å². The zero-order valence-electron chi connectivity index (χ0n) is 14.0. The van der Waals surface area contributed by atoms with Crippen LogP contribution in [0.15, 0.2) is 59.9 Å². The monoisotopic (exact) mass is 362 g/mol. The molecule has 6 nitrogen and oxygen atoms in total. The van der Waals surface area contributed by atoms with Gasteiger partial charge in [-0.1, -0.05) is 0 Å². The number of nitrogens with one attached hydrogen (secondary N) is 2. The maximum Gasteiger partial charge on any atom is 0.356 e. The molecule has 0 saturated heterocycles. The standard InChI is InChI=1S/C18H16F2N2O4/c1-25-17(23)15(21-13-7-3-11(19)4-8-13)16(18(24)26-2)22-14-9-5-12(20)6-10-14/h3-10,21-22H,1-2H3/b16-15+. The Morgan fingerprint density at radius 2 is 1.00 bits per heavy atom. The molecule has 0 unspecified atom stereocenters. The van der Waals surface area contributed by atoms with Crippen molar-refractivity contribution < 1.29 is 27.8 Å². The molecule has 0 saturated carbocycles. The smallest absolute Gasteiger partial charge is 0.356 e. The van der Waals surface area contributed by atoms with Crippen molar-refractivity contribution in [3.8, 4) is 0 Å². The molecule has 0 spiro atoms. The molecule has 26 heavy (non-hydrogen) atoms. The molecular formula is C18H16F2N2O4. The van der Waals surface area contributed by atoms with E-state index in [1.54, 1.807) is 0 Å². The van der Waals surface area contributed by atoms with Gasteiger partial charge in [-0.3, -0.25) is 0 Å². The normalized spacial score (nSPS) is 11.2. The van der Waals surface area contributed by atoms with Gasteiger partial charge in [-0.05, 0) is 48.5 Å². The van der Waals surface area contributed by atoms with Crippen LogP contribution < -0.4 is 10.6 Å². The lowest BCUT2D eigenvalue weighted by molar-refractivity contribution is -0.139. The predicted molar refractivity (Wildman–Crippen MR) is 91.1 cm³/mol. The minimum absolute atomic E-state index is 0.254. The first-order valence-corrected chi connectivity index (χ1v) is 7.40. The number of hydrogen-bond donors (Lipinski definition) is 2. The number of hydrogen-bond acceptors (Lipinski definition) is 6. The van der Waals surface area contributed by atoms with E-state index in [1.165, 1.54) is 48.5 Å². The van der Waals surface area contributed by atoms with Crippen molar-refractivity contribution in [1.82, 2.24) is 0 Å². The third kappa shape index (κ3) is 4.79. The van der Waals surface area contributed by atoms with Crippen LogP contribution in [0.3, 0.4) is 0 Å². The summed E-state index contributed by atoms with van der Waals surface area (Å²) in [5.74, 6) is -2.64. The maximum atomic E-state index is 13.1. The number of carbonyl (C=O) groups excluding carboxylic acids is 2. The Labute approximate surface area is 148 Å². The quantitative estimate of drug-likeness (QED) is 0.608. The lowest BCUT2D eigenvalue weighted by atomic mass is 10.2. The summed E-state index contributed by atoms with van der Waals surface area (Å²) in [5, 5.41) is 5.41. The van der Waals surface area contributed by atoms with Crippen LogP contribution in [0.4, 0.5) is 20.2 Å². The summed E-state index contributed by atoms with van der Waals surface area (Å²) in [6.45, 7) is 0. The average Bonchev–Trinajstić information content (AvgIpc) is 2.66. The molecule has 2 aromatic carbocycles. The third-order valence-electron chi connectivity index (χ3n) is 3.26. The van der Waals surface area contributed by atoms with Crippen LogP contribution in [0.5, 0.6) is 0 Å². The Morgan fingerprint density at radius 1 is 0.692 bits per heavy atom. The van der Waals surface area contributed by atoms with Gasteiger partial charge in [-0.2, -0.15) is 0 Å². The minimum atomic E-state index is -0.857. The first-order valence-electron chi connectivity index (χ1n) is 7.40. The highest BCUT2D eigenvalue weighted by Gasteiger charge is 2.23. The van der Waals surface area contributed by atoms with Gasteiger partial charge < -0.3 is 20.1 Å². The third-order valence-corrected chi connectivity index (χ3v) is 3.26. The second-order valence-electron chi connectivity index (χ2n) is 5.00. The van der Waals surface area contributed by atoms with Crippen molar-refractivity contribution in [2.45, 2.75) is 0 Å². The highest BCUT2D eigenvalue weighted by atomic mass is 19.1. The highest BCUT2D eigenvalue weighted by Crippen LogP contribution is 2.18. The maximum absolute atomic E-state index is 13.1. The zero-order chi connectivity index (χ0) is 19.1. The highest BCUT2D eigenvalue weighted by molar-refractivity contribution is 6.04. The molecule has 0 heterocycles. The molecule has 2 rings (SSSR count). The van der Waals surface area contributed by atoms with Gasteiger partial charge in [0.1, 0.15) is 11.6 Å². The van der Waals surface area contributed by atoms with E-state index in [9.17, 15) is 18.4 Å². The van der Waals surface area contributed by atoms with Gasteiger partial charge in [0.25, 0.3) is 0 Å². The fourth-order valence-corrected chi connectivity index (χ4v) is 1.99. The number of anilines is 2. The van der Waals surface area contributed by atoms with E-state index in [0.717, 1.165) is 14.2 Å². The summed E-state index contributed by atoms with van der Waals surface area (Å²) in [6, 6.07) is 10.3. The van der Waals surface area contributed by atoms with Crippen molar-refractivity contribution in [3.63, 3.8) is 0 Å². The summed E-state index contributed by atoms with van der Waals surface area (Å²) in [7, 11) is 2.28. The molecule has 2 aromatic rings. The van der Waals surface area contributed by atoms with E-state index < -0.39 is 23.6 Å². The molecule has 0 aromatic heterocycles. The molecule has 2 N–H and O–H groups in total. The van der Waals surface area contributed by atoms with E-state index >= 15 is 0 Å². The van der Waals surface area contributed by atoms with E-state index in [0.29, 0.717) is 11.4 Å². The molecule has 0 aliphatic heterocycles. The molecule has 0 aliphatic carbocycles. The number of carbonyl (C=O) groups is 2. The molecule has 8 heteroatoms. The number of esters is 2. The minimum Gasteiger partial charge on any atom is -0.464 e. The Bertz CT molecular complexity index is 749. The summed E-state index contributed by atoms with van der Waals surface area (Å²) in [6.07, 6.45) is 0. The predicted octanol–water partition coefficient (Wildman–Crippen LogP) is 3.05. The van der Waals surface area contributed by atoms with Crippen LogP contribution in [0.2, 0.25) is 0 Å². The van der Waals surface area contributed by atoms with Gasteiger partial charge in [0.05, 0.1) is 14.2 Å². The van der Waals surface area contributed by atoms with E-state index in [1.807, 2.05) is 0 Å². The fourth-order valence-electron chi connectivity index (χ4n) is 1.99. The van der Waals surface area contributed by atoms with Crippen LogP contribution in [-0.2, 0) is 19.1 Å². The second kappa shape index (κ2) is 8.61. The van der Waals surface area contributed by atoms with Gasteiger partial charge in [0.2, 0.25) is 0 Å². The summed E-state index contributed by atoms with van der Waals surface area (Å²) in [5.41, 5.74) is 0.175. The molecule has 0 amide bonds. The Balaban J connectivity index is 2.46. The fraction of sp³-hybridized carbons (Fsp3) is 0.111. The number of ether oxygens (including phenoxy) is 2. The lowest BCUT2D eigenvalue weighted by Crippen LogP contribution is -2.24. The number of benzene rings is 2. The molecule has 0 fully saturated rings. The van der Waals surface area contributed by atoms with Crippen LogP contribution in [0, 0.1) is 11.6 Å². The molecule has 0 atom stereocenters. The molecule has 0 bridgehead atoms. The van der Waals surface area contributed by atoms with Crippen LogP contribution in [-0.4, -0.2) is 26.2 Å². The summed E-state index contributed by atoms with van der Waals surface area (Å²) < 4.78 is 35.5. The van der Waals surface area contributed by atoms with Crippen LogP contribution >= 0.6 is 0 Å². The largest absolute Gasteiger partial charge is 0.464 e. The number of methoxy groups -OCH3 is 2. The van der Waals surface area contributed by atoms with Crippen molar-refractivity contribution in [3.05, 3.63) is 71.6 Å². The second-order valence-corrected chi connectivity index (χ2v) is 5.00. The van der Waals surface area contributed by atoms with Crippen molar-refractivity contribution in [2.24, 2.45) is 0 Å². The molecular weight excluding hydrogens is 346 g/mol. The number of rotatable bonds is 6. The van der Waals surface area contributed by atoms with E-state index in [2.05, 4.69) is 10.6 Å². The van der Waals surface area contributed by atoms with Crippen molar-refractivity contribution >= 4 is 23.3 Å². The first-order chi connectivity index (χ1) is 12.4. The van der Waals surface area contributed by atoms with Crippen molar-refractivity contribution in [1.29, 1.82) is 0 Å². The molecule has 136 valence electrons. The summed E-state index contributed by atoms with van der Waals surface area (Å²) >= 11 is 0. The lowest BCUT2D eigenvalue weighted by Gasteiger charge is -2.16. The van der Waals surface area contributed by atoms with Crippen LogP contribution in [0.1, 0.15) is 0 Å². The van der Waals surface area contributed by atoms with Gasteiger partial charge in [-0.15, -0.1) is 0 Å². The topological polar surface area (TPSA) is 76.7 Å². The van der Waals surface area contributed by atoms with Gasteiger partial charge in [0.15, 0.2) is 11.4 Å². The van der Waals surface area contributed by atoms with E-state index in [4.69, 9.17) is 9.47 Å². The Hall–Kier alpha value is -3.42. The Kier molecular flexibility index (Phi) is 6.26. The first kappa shape index (κ1) is 18.9. The average molecular weight is 362 g/mol. The van der Waals surface area contributed by atoms with Gasteiger partial charge in [-0.25, -0.2) is 18.4 Å². The zero-order valence-corrected chi connectivity index (χ0v) is 14.0. The number of halogens is 2. The van der Waals surface area contributed by atoms with Gasteiger partial charge in [0, 0.05) is 11.4 Å². The Morgan fingerprint density at radius 3 is 1.27 bits per heavy atom. The molecule has 0 radical (unpaired) electrons.